The van der Waals surface area contributed by atoms with E-state index < -0.39 is 0 Å². The van der Waals surface area contributed by atoms with Crippen molar-refractivity contribution in [2.24, 2.45) is 7.05 Å². The normalized spacial score (nSPS) is 12.4. The lowest BCUT2D eigenvalue weighted by molar-refractivity contribution is 0.0952. The first kappa shape index (κ1) is 12.0. The average molecular weight is 294 g/mol. The van der Waals surface area contributed by atoms with Gasteiger partial charge in [-0.05, 0) is 17.7 Å². The van der Waals surface area contributed by atoms with Crippen molar-refractivity contribution in [1.82, 2.24) is 14.8 Å². The Labute approximate surface area is 108 Å². The lowest BCUT2D eigenvalue weighted by Crippen LogP contribution is -2.14. The molecule has 0 N–H and O–H groups in total. The van der Waals surface area contributed by atoms with Crippen LogP contribution >= 0.6 is 15.9 Å². The number of aryl methyl sites for hydroxylation is 1. The number of benzene rings is 1. The second-order valence-electron chi connectivity index (χ2n) is 3.91. The van der Waals surface area contributed by atoms with Crippen molar-refractivity contribution < 1.29 is 4.79 Å². The molecule has 17 heavy (non-hydrogen) atoms. The molecule has 1 aromatic carbocycles. The quantitative estimate of drug-likeness (QED) is 0.817. The molecule has 0 saturated carbocycles. The third-order valence-electron chi connectivity index (χ3n) is 2.67. The van der Waals surface area contributed by atoms with E-state index in [1.165, 1.54) is 6.33 Å². The number of rotatable bonds is 3. The highest BCUT2D eigenvalue weighted by Gasteiger charge is 2.21. The summed E-state index contributed by atoms with van der Waals surface area (Å²) in [5, 5.41) is 7.56. The summed E-state index contributed by atoms with van der Waals surface area (Å²) in [6.07, 6.45) is 1.53. The summed E-state index contributed by atoms with van der Waals surface area (Å²) in [5.41, 5.74) is 0.965. The summed E-state index contributed by atoms with van der Waals surface area (Å²) in [6.45, 7) is 1.87. The molecular formula is C12H12BrN3O. The summed E-state index contributed by atoms with van der Waals surface area (Å²) in [7, 11) is 1.76. The standard InChI is InChI=1S/C12H12BrN3O/c1-8(9-4-3-5-10(13)6-9)11(17)12-15-14-7-16(12)2/h3-8H,1-2H3. The first-order chi connectivity index (χ1) is 8.09. The van der Waals surface area contributed by atoms with Gasteiger partial charge in [-0.25, -0.2) is 0 Å². The Morgan fingerprint density at radius 3 is 2.82 bits per heavy atom. The third-order valence-corrected chi connectivity index (χ3v) is 3.17. The fourth-order valence-corrected chi connectivity index (χ4v) is 2.04. The molecule has 0 bridgehead atoms. The van der Waals surface area contributed by atoms with Crippen molar-refractivity contribution in [3.63, 3.8) is 0 Å². The SMILES string of the molecule is CC(C(=O)c1nncn1C)c1cccc(Br)c1. The van der Waals surface area contributed by atoms with E-state index in [-0.39, 0.29) is 11.7 Å². The fourth-order valence-electron chi connectivity index (χ4n) is 1.63. The van der Waals surface area contributed by atoms with Crippen molar-refractivity contribution in [3.8, 4) is 0 Å². The molecule has 2 aromatic rings. The van der Waals surface area contributed by atoms with Crippen LogP contribution in [-0.4, -0.2) is 20.5 Å². The van der Waals surface area contributed by atoms with Crippen LogP contribution in [0.3, 0.4) is 0 Å². The minimum absolute atomic E-state index is 0.0249. The van der Waals surface area contributed by atoms with E-state index >= 15 is 0 Å². The molecule has 1 aromatic heterocycles. The minimum atomic E-state index is -0.226. The Bertz CT molecular complexity index is 550. The Hall–Kier alpha value is -1.49. The average Bonchev–Trinajstić information content (AvgIpc) is 2.73. The Morgan fingerprint density at radius 1 is 1.47 bits per heavy atom. The number of hydrogen-bond acceptors (Lipinski definition) is 3. The highest BCUT2D eigenvalue weighted by Crippen LogP contribution is 2.22. The fraction of sp³-hybridized carbons (Fsp3) is 0.250. The number of Topliss-reactive ketones (excluding diaryl/α,β-unsaturated/α-hetero) is 1. The van der Waals surface area contributed by atoms with Crippen LogP contribution in [0.1, 0.15) is 29.0 Å². The number of hydrogen-bond donors (Lipinski definition) is 0. The van der Waals surface area contributed by atoms with Gasteiger partial charge < -0.3 is 4.57 Å². The van der Waals surface area contributed by atoms with Crippen LogP contribution in [0.4, 0.5) is 0 Å². The van der Waals surface area contributed by atoms with E-state index in [9.17, 15) is 4.79 Å². The molecule has 2 rings (SSSR count). The van der Waals surface area contributed by atoms with E-state index in [4.69, 9.17) is 0 Å². The van der Waals surface area contributed by atoms with Gasteiger partial charge in [-0.3, -0.25) is 4.79 Å². The van der Waals surface area contributed by atoms with Gasteiger partial charge >= 0.3 is 0 Å². The van der Waals surface area contributed by atoms with Crippen molar-refractivity contribution >= 4 is 21.7 Å². The molecule has 0 aliphatic heterocycles. The second kappa shape index (κ2) is 4.79. The number of carbonyl (C=O) groups excluding carboxylic acids is 1. The molecule has 4 nitrogen and oxygen atoms in total. The molecular weight excluding hydrogens is 282 g/mol. The molecule has 1 heterocycles. The van der Waals surface area contributed by atoms with E-state index in [0.29, 0.717) is 5.82 Å². The third kappa shape index (κ3) is 2.44. The molecule has 88 valence electrons. The molecule has 0 aliphatic carbocycles. The summed E-state index contributed by atoms with van der Waals surface area (Å²) in [6, 6.07) is 7.73. The van der Waals surface area contributed by atoms with E-state index in [1.54, 1.807) is 11.6 Å². The van der Waals surface area contributed by atoms with Crippen LogP contribution in [0.2, 0.25) is 0 Å². The lowest BCUT2D eigenvalue weighted by Gasteiger charge is -2.10. The van der Waals surface area contributed by atoms with Gasteiger partial charge in [-0.1, -0.05) is 35.0 Å². The van der Waals surface area contributed by atoms with Crippen LogP contribution < -0.4 is 0 Å². The maximum absolute atomic E-state index is 12.2. The first-order valence-electron chi connectivity index (χ1n) is 5.23. The van der Waals surface area contributed by atoms with Crippen molar-refractivity contribution in [2.75, 3.05) is 0 Å². The van der Waals surface area contributed by atoms with Crippen LogP contribution in [0.5, 0.6) is 0 Å². The highest BCUT2D eigenvalue weighted by atomic mass is 79.9. The van der Waals surface area contributed by atoms with Gasteiger partial charge in [0.15, 0.2) is 5.82 Å². The highest BCUT2D eigenvalue weighted by molar-refractivity contribution is 9.10. The predicted octanol–water partition coefficient (Wildman–Crippen LogP) is 2.56. The molecule has 0 amide bonds. The first-order valence-corrected chi connectivity index (χ1v) is 6.02. The topological polar surface area (TPSA) is 47.8 Å². The number of nitrogens with zero attached hydrogens (tertiary/aromatic N) is 3. The lowest BCUT2D eigenvalue weighted by atomic mass is 9.96. The zero-order valence-corrected chi connectivity index (χ0v) is 11.2. The van der Waals surface area contributed by atoms with Gasteiger partial charge in [-0.15, -0.1) is 10.2 Å². The second-order valence-corrected chi connectivity index (χ2v) is 4.82. The summed E-state index contributed by atoms with van der Waals surface area (Å²) in [5.74, 6) is 0.135. The maximum atomic E-state index is 12.2. The molecule has 0 saturated heterocycles. The predicted molar refractivity (Wildman–Crippen MR) is 67.9 cm³/mol. The van der Waals surface area contributed by atoms with E-state index in [0.717, 1.165) is 10.0 Å². The summed E-state index contributed by atoms with van der Waals surface area (Å²) >= 11 is 3.40. The van der Waals surface area contributed by atoms with Crippen LogP contribution in [0.25, 0.3) is 0 Å². The van der Waals surface area contributed by atoms with E-state index in [1.807, 2.05) is 31.2 Å². The zero-order chi connectivity index (χ0) is 12.4. The van der Waals surface area contributed by atoms with E-state index in [2.05, 4.69) is 26.1 Å². The zero-order valence-electron chi connectivity index (χ0n) is 9.59. The summed E-state index contributed by atoms with van der Waals surface area (Å²) < 4.78 is 2.60. The molecule has 0 fully saturated rings. The van der Waals surface area contributed by atoms with Crippen molar-refractivity contribution in [2.45, 2.75) is 12.8 Å². The molecule has 0 aliphatic rings. The van der Waals surface area contributed by atoms with Crippen LogP contribution in [-0.2, 0) is 7.05 Å². The molecule has 1 unspecified atom stereocenters. The van der Waals surface area contributed by atoms with Crippen molar-refractivity contribution in [1.29, 1.82) is 0 Å². The van der Waals surface area contributed by atoms with Gasteiger partial charge in [0.1, 0.15) is 6.33 Å². The molecule has 0 radical (unpaired) electrons. The Kier molecular flexibility index (Phi) is 3.38. The minimum Gasteiger partial charge on any atom is -0.314 e. The number of halogens is 1. The largest absolute Gasteiger partial charge is 0.314 e. The van der Waals surface area contributed by atoms with Gasteiger partial charge in [0.25, 0.3) is 0 Å². The van der Waals surface area contributed by atoms with Gasteiger partial charge in [-0.2, -0.15) is 0 Å². The molecule has 1 atom stereocenters. The monoisotopic (exact) mass is 293 g/mol. The molecule has 0 spiro atoms. The Morgan fingerprint density at radius 2 is 2.24 bits per heavy atom. The number of carbonyl (C=O) groups is 1. The van der Waals surface area contributed by atoms with Crippen molar-refractivity contribution in [3.05, 3.63) is 46.5 Å². The van der Waals surface area contributed by atoms with Crippen LogP contribution in [0, 0.1) is 0 Å². The van der Waals surface area contributed by atoms with Crippen LogP contribution in [0.15, 0.2) is 35.1 Å². The number of ketones is 1. The smallest absolute Gasteiger partial charge is 0.207 e. The maximum Gasteiger partial charge on any atom is 0.207 e. The van der Waals surface area contributed by atoms with Gasteiger partial charge in [0.05, 0.1) is 0 Å². The Balaban J connectivity index is 2.30. The number of aromatic nitrogens is 3. The van der Waals surface area contributed by atoms with Gasteiger partial charge in [0, 0.05) is 17.4 Å². The summed E-state index contributed by atoms with van der Waals surface area (Å²) in [4.78, 5) is 12.2. The van der Waals surface area contributed by atoms with Gasteiger partial charge in [0.2, 0.25) is 5.78 Å². The molecule has 5 heteroatoms.